The number of hydrogen-bond acceptors (Lipinski definition) is 3. The topological polar surface area (TPSA) is 65.8 Å². The van der Waals surface area contributed by atoms with Gasteiger partial charge >= 0.3 is 0 Å². The van der Waals surface area contributed by atoms with Gasteiger partial charge in [0.15, 0.2) is 6.29 Å². The highest BCUT2D eigenvalue weighted by Gasteiger charge is 2.21. The number of anilines is 1. The Morgan fingerprint density at radius 2 is 2.09 bits per heavy atom. The van der Waals surface area contributed by atoms with Gasteiger partial charge in [-0.2, -0.15) is 5.10 Å². The number of fused-ring (bicyclic) bond motifs is 2. The van der Waals surface area contributed by atoms with Gasteiger partial charge in [0, 0.05) is 16.5 Å². The van der Waals surface area contributed by atoms with Crippen molar-refractivity contribution in [3.63, 3.8) is 0 Å². The average Bonchev–Trinajstić information content (AvgIpc) is 3.04. The van der Waals surface area contributed by atoms with Gasteiger partial charge in [0.25, 0.3) is 0 Å². The summed E-state index contributed by atoms with van der Waals surface area (Å²) in [5.41, 5.74) is 10.1. The van der Waals surface area contributed by atoms with E-state index in [1.165, 1.54) is 0 Å². The molecule has 2 N–H and O–H groups in total. The van der Waals surface area contributed by atoms with Crippen molar-refractivity contribution in [2.75, 3.05) is 5.73 Å². The van der Waals surface area contributed by atoms with E-state index in [4.69, 9.17) is 10.8 Å². The van der Waals surface area contributed by atoms with E-state index >= 15 is 0 Å². The molecule has 0 aliphatic heterocycles. The van der Waals surface area contributed by atoms with Gasteiger partial charge in [0.05, 0.1) is 11.2 Å². The van der Waals surface area contributed by atoms with Crippen molar-refractivity contribution >= 4 is 38.9 Å². The summed E-state index contributed by atoms with van der Waals surface area (Å²) in [7, 11) is 0. The normalized spacial score (nSPS) is 14.2. The van der Waals surface area contributed by atoms with E-state index in [0.29, 0.717) is 11.4 Å². The first kappa shape index (κ1) is 13.6. The lowest BCUT2D eigenvalue weighted by molar-refractivity contribution is 0.112. The van der Waals surface area contributed by atoms with Gasteiger partial charge < -0.3 is 5.73 Å². The van der Waals surface area contributed by atoms with Gasteiger partial charge in [-0.25, -0.2) is 4.68 Å². The highest BCUT2D eigenvalue weighted by molar-refractivity contribution is 9.10. The minimum atomic E-state index is 0.660. The SMILES string of the molecule is Nc1c2c(nn1-n1c(Br)cc3c(C=O)cccc31)CCCC2. The molecule has 1 aliphatic carbocycles. The number of nitrogens with two attached hydrogens (primary N) is 1. The van der Waals surface area contributed by atoms with E-state index in [9.17, 15) is 4.79 Å². The summed E-state index contributed by atoms with van der Waals surface area (Å²) in [6.07, 6.45) is 5.15. The minimum absolute atomic E-state index is 0.660. The predicted molar refractivity (Wildman–Crippen MR) is 89.1 cm³/mol. The molecule has 4 rings (SSSR count). The lowest BCUT2D eigenvalue weighted by atomic mass is 9.98. The zero-order valence-corrected chi connectivity index (χ0v) is 13.5. The Morgan fingerprint density at radius 3 is 2.86 bits per heavy atom. The zero-order valence-electron chi connectivity index (χ0n) is 11.9. The van der Waals surface area contributed by atoms with Crippen LogP contribution in [0.1, 0.15) is 34.5 Å². The van der Waals surface area contributed by atoms with Crippen LogP contribution in [-0.4, -0.2) is 20.9 Å². The third kappa shape index (κ3) is 1.83. The molecule has 1 aromatic carbocycles. The third-order valence-electron chi connectivity index (χ3n) is 4.31. The second-order valence-corrected chi connectivity index (χ2v) is 6.40. The maximum atomic E-state index is 11.2. The molecule has 0 amide bonds. The van der Waals surface area contributed by atoms with Crippen LogP contribution >= 0.6 is 15.9 Å². The number of aryl methyl sites for hydroxylation is 1. The fourth-order valence-corrected chi connectivity index (χ4v) is 3.79. The fraction of sp³-hybridized carbons (Fsp3) is 0.250. The van der Waals surface area contributed by atoms with Crippen LogP contribution < -0.4 is 5.73 Å². The Labute approximate surface area is 135 Å². The summed E-state index contributed by atoms with van der Waals surface area (Å²) >= 11 is 3.57. The smallest absolute Gasteiger partial charge is 0.150 e. The molecule has 0 atom stereocenters. The van der Waals surface area contributed by atoms with Gasteiger partial charge in [0.1, 0.15) is 10.4 Å². The number of benzene rings is 1. The third-order valence-corrected chi connectivity index (χ3v) is 4.87. The van der Waals surface area contributed by atoms with Crippen molar-refractivity contribution in [1.82, 2.24) is 14.6 Å². The lowest BCUT2D eigenvalue weighted by Crippen LogP contribution is -2.14. The highest BCUT2D eigenvalue weighted by atomic mass is 79.9. The van der Waals surface area contributed by atoms with Gasteiger partial charge in [-0.1, -0.05) is 12.1 Å². The molecule has 2 heterocycles. The highest BCUT2D eigenvalue weighted by Crippen LogP contribution is 2.31. The van der Waals surface area contributed by atoms with Gasteiger partial charge in [-0.3, -0.25) is 4.79 Å². The van der Waals surface area contributed by atoms with Crippen molar-refractivity contribution in [1.29, 1.82) is 0 Å². The quantitative estimate of drug-likeness (QED) is 0.715. The molecule has 112 valence electrons. The molecule has 0 fully saturated rings. The number of nitrogens with zero attached hydrogens (tertiary/aromatic N) is 3. The molecular formula is C16H15BrN4O. The number of carbonyl (C=O) groups excluding carboxylic acids is 1. The molecule has 0 unspecified atom stereocenters. The molecule has 2 aromatic heterocycles. The second-order valence-electron chi connectivity index (χ2n) is 5.58. The Kier molecular flexibility index (Phi) is 3.07. The van der Waals surface area contributed by atoms with Gasteiger partial charge in [-0.15, -0.1) is 4.79 Å². The molecule has 6 heteroatoms. The number of hydrogen-bond donors (Lipinski definition) is 1. The monoisotopic (exact) mass is 358 g/mol. The minimum Gasteiger partial charge on any atom is -0.382 e. The first-order chi connectivity index (χ1) is 10.7. The van der Waals surface area contributed by atoms with Crippen LogP contribution in [0.25, 0.3) is 10.9 Å². The van der Waals surface area contributed by atoms with Crippen LogP contribution in [0, 0.1) is 0 Å². The van der Waals surface area contributed by atoms with Gasteiger partial charge in [0.2, 0.25) is 0 Å². The summed E-state index contributed by atoms with van der Waals surface area (Å²) in [4.78, 5) is 13.0. The van der Waals surface area contributed by atoms with Crippen LogP contribution in [0.2, 0.25) is 0 Å². The fourth-order valence-electron chi connectivity index (χ4n) is 3.22. The van der Waals surface area contributed by atoms with Crippen LogP contribution in [0.15, 0.2) is 28.9 Å². The van der Waals surface area contributed by atoms with Crippen molar-refractivity contribution < 1.29 is 4.79 Å². The second kappa shape index (κ2) is 4.98. The Bertz CT molecular complexity index is 893. The molecule has 0 bridgehead atoms. The van der Waals surface area contributed by atoms with Crippen LogP contribution in [0.4, 0.5) is 5.82 Å². The number of carbonyl (C=O) groups is 1. The summed E-state index contributed by atoms with van der Waals surface area (Å²) in [6, 6.07) is 7.57. The molecule has 0 saturated carbocycles. The van der Waals surface area contributed by atoms with Gasteiger partial charge in [-0.05, 0) is 53.7 Å². The summed E-state index contributed by atoms with van der Waals surface area (Å²) in [5, 5.41) is 5.58. The number of nitrogen functional groups attached to an aromatic ring is 1. The summed E-state index contributed by atoms with van der Waals surface area (Å²) < 4.78 is 2.74. The molecule has 0 spiro atoms. The van der Waals surface area contributed by atoms with E-state index < -0.39 is 0 Å². The molecule has 5 nitrogen and oxygen atoms in total. The molecule has 3 aromatic rings. The number of rotatable bonds is 2. The average molecular weight is 359 g/mol. The maximum Gasteiger partial charge on any atom is 0.150 e. The first-order valence-corrected chi connectivity index (χ1v) is 8.12. The van der Waals surface area contributed by atoms with Crippen molar-refractivity contribution in [2.24, 2.45) is 0 Å². The first-order valence-electron chi connectivity index (χ1n) is 7.32. The molecule has 1 aliphatic rings. The van der Waals surface area contributed by atoms with E-state index in [-0.39, 0.29) is 0 Å². The van der Waals surface area contributed by atoms with Crippen molar-refractivity contribution in [2.45, 2.75) is 25.7 Å². The summed E-state index contributed by atoms with van der Waals surface area (Å²) in [5.74, 6) is 0.685. The molecular weight excluding hydrogens is 344 g/mol. The maximum absolute atomic E-state index is 11.2. The van der Waals surface area contributed by atoms with E-state index in [1.807, 2.05) is 28.9 Å². The summed E-state index contributed by atoms with van der Waals surface area (Å²) in [6.45, 7) is 0. The van der Waals surface area contributed by atoms with Crippen molar-refractivity contribution in [3.8, 4) is 0 Å². The lowest BCUT2D eigenvalue weighted by Gasteiger charge is -2.10. The predicted octanol–water partition coefficient (Wildman–Crippen LogP) is 3.19. The van der Waals surface area contributed by atoms with E-state index in [2.05, 4.69) is 15.9 Å². The molecule has 0 saturated heterocycles. The van der Waals surface area contributed by atoms with E-state index in [1.54, 1.807) is 4.79 Å². The largest absolute Gasteiger partial charge is 0.382 e. The van der Waals surface area contributed by atoms with E-state index in [0.717, 1.165) is 58.7 Å². The Morgan fingerprint density at radius 1 is 1.27 bits per heavy atom. The van der Waals surface area contributed by atoms with Crippen LogP contribution in [0.3, 0.4) is 0 Å². The zero-order chi connectivity index (χ0) is 15.3. The van der Waals surface area contributed by atoms with Crippen LogP contribution in [0.5, 0.6) is 0 Å². The Hall–Kier alpha value is -2.08. The van der Waals surface area contributed by atoms with Crippen molar-refractivity contribution in [3.05, 3.63) is 45.7 Å². The standard InChI is InChI=1S/C16H15BrN4O/c17-15-8-12-10(9-22)4-3-7-14(12)20(15)21-16(18)11-5-1-2-6-13(11)19-21/h3-4,7-9H,1-2,5-6,18H2. The molecule has 0 radical (unpaired) electrons. The van der Waals surface area contributed by atoms with Crippen LogP contribution in [-0.2, 0) is 12.8 Å². The molecule has 22 heavy (non-hydrogen) atoms. The number of aromatic nitrogens is 3. The number of aldehydes is 1. The number of halogens is 1. The Balaban J connectivity index is 2.01.